The van der Waals surface area contributed by atoms with Crippen molar-refractivity contribution in [2.45, 2.75) is 26.3 Å². The van der Waals surface area contributed by atoms with Crippen LogP contribution in [0.25, 0.3) is 102 Å². The van der Waals surface area contributed by atoms with Gasteiger partial charge in [0.25, 0.3) is 0 Å². The summed E-state index contributed by atoms with van der Waals surface area (Å²) in [7, 11) is 0. The average molecular weight is 878 g/mol. The Hall–Kier alpha value is -8.12. The highest BCUT2D eigenvalue weighted by atomic mass is 32.1. The number of para-hydroxylation sites is 1. The highest BCUT2D eigenvalue weighted by Gasteiger charge is 2.26. The van der Waals surface area contributed by atoms with Crippen molar-refractivity contribution in [3.05, 3.63) is 223 Å². The normalized spacial score (nSPS) is 13.1. The molecule has 0 spiro atoms. The molecule has 10 aromatic carbocycles. The zero-order valence-electron chi connectivity index (χ0n) is 37.1. The number of aliphatic imine (C=N–C) groups is 2. The number of amidine groups is 1. The molecule has 0 amide bonds. The second kappa shape index (κ2) is 15.8. The van der Waals surface area contributed by atoms with E-state index in [0.717, 1.165) is 71.8 Å². The molecule has 0 radical (unpaired) electrons. The van der Waals surface area contributed by atoms with Gasteiger partial charge in [-0.1, -0.05) is 159 Å². The van der Waals surface area contributed by atoms with E-state index < -0.39 is 0 Å². The Bertz CT molecular complexity index is 4170. The molecule has 3 aromatic heterocycles. The molecule has 13 rings (SSSR count). The lowest BCUT2D eigenvalue weighted by atomic mass is 9.99. The van der Waals surface area contributed by atoms with Gasteiger partial charge in [0, 0.05) is 58.4 Å². The molecule has 1 atom stereocenters. The quantitative estimate of drug-likeness (QED) is 0.116. The lowest BCUT2D eigenvalue weighted by Gasteiger charge is -2.18. The van der Waals surface area contributed by atoms with E-state index in [1.807, 2.05) is 11.3 Å². The maximum absolute atomic E-state index is 7.34. The zero-order chi connectivity index (χ0) is 44.6. The Kier molecular flexibility index (Phi) is 9.26. The summed E-state index contributed by atoms with van der Waals surface area (Å²) < 4.78 is 12.3. The Labute approximate surface area is 391 Å². The summed E-state index contributed by atoms with van der Waals surface area (Å²) in [4.78, 5) is 11.6. The van der Waals surface area contributed by atoms with E-state index in [9.17, 15) is 0 Å². The molecule has 5 heteroatoms. The van der Waals surface area contributed by atoms with Crippen LogP contribution in [0.15, 0.2) is 221 Å². The first-order chi connectivity index (χ1) is 33.1. The Morgan fingerprint density at radius 1 is 0.522 bits per heavy atom. The molecule has 0 saturated heterocycles. The molecule has 0 aliphatic heterocycles. The summed E-state index contributed by atoms with van der Waals surface area (Å²) in [6.07, 6.45) is 0.700. The van der Waals surface area contributed by atoms with Gasteiger partial charge in [0.05, 0.1) is 17.1 Å². The molecule has 0 bridgehead atoms. The molecular formula is C62H43N3OS. The minimum Gasteiger partial charge on any atom is -0.453 e. The molecule has 4 nitrogen and oxygen atoms in total. The third kappa shape index (κ3) is 6.41. The maximum atomic E-state index is 7.34. The fraction of sp³-hybridized carbons (Fsp3) is 0.0645. The Balaban J connectivity index is 1.15. The molecule has 3 heterocycles. The largest absolute Gasteiger partial charge is 0.453 e. The number of thiophene rings is 1. The first-order valence-corrected chi connectivity index (χ1v) is 23.9. The zero-order valence-corrected chi connectivity index (χ0v) is 37.9. The van der Waals surface area contributed by atoms with Gasteiger partial charge in [-0.2, -0.15) is 0 Å². The number of rotatable bonds is 7. The van der Waals surface area contributed by atoms with Crippen molar-refractivity contribution in [2.24, 2.45) is 9.98 Å². The van der Waals surface area contributed by atoms with Crippen LogP contribution in [-0.2, 0) is 0 Å². The number of furan rings is 1. The van der Waals surface area contributed by atoms with Gasteiger partial charge in [0.15, 0.2) is 11.4 Å². The standard InChI is InChI=1S/C62H43N3OS/c1-3-53(44-23-15-22-41(35-44)39-17-5-4-6-18-39)64-62(63-38(2)45-27-16-30-57-58(45)50-26-12-14-29-56(50)67-57)51-34-33-49-48-32-31-40-19-9-10-24-46(40)60(48)66-61(49)59(51)65-54-28-13-11-25-47(54)52-36-42-20-7-8-21-43(42)37-55(52)65/h4-38H,3H2,1-2H3. The van der Waals surface area contributed by atoms with E-state index >= 15 is 0 Å². The van der Waals surface area contributed by atoms with Crippen molar-refractivity contribution in [1.82, 2.24) is 4.57 Å². The maximum Gasteiger partial charge on any atom is 0.160 e. The number of fused-ring (bicyclic) bond motifs is 12. The van der Waals surface area contributed by atoms with Crippen LogP contribution in [0, 0.1) is 0 Å². The van der Waals surface area contributed by atoms with E-state index in [0.29, 0.717) is 12.3 Å². The van der Waals surface area contributed by atoms with Crippen molar-refractivity contribution in [1.29, 1.82) is 0 Å². The van der Waals surface area contributed by atoms with Crippen LogP contribution in [0.3, 0.4) is 0 Å². The summed E-state index contributed by atoms with van der Waals surface area (Å²) in [6.45, 7) is 4.41. The summed E-state index contributed by atoms with van der Waals surface area (Å²) in [5, 5.41) is 11.6. The van der Waals surface area contributed by atoms with Gasteiger partial charge in [-0.3, -0.25) is 4.99 Å². The minimum absolute atomic E-state index is 0.250. The van der Waals surface area contributed by atoms with Gasteiger partial charge in [-0.25, -0.2) is 4.99 Å². The number of hydrogen-bond donors (Lipinski definition) is 0. The molecule has 67 heavy (non-hydrogen) atoms. The van der Waals surface area contributed by atoms with Gasteiger partial charge in [-0.15, -0.1) is 11.3 Å². The van der Waals surface area contributed by atoms with Crippen LogP contribution >= 0.6 is 11.3 Å². The number of nitrogens with zero attached hydrogens (tertiary/aromatic N) is 3. The van der Waals surface area contributed by atoms with Gasteiger partial charge >= 0.3 is 0 Å². The van der Waals surface area contributed by atoms with Crippen molar-refractivity contribution in [3.8, 4) is 16.8 Å². The Morgan fingerprint density at radius 2 is 1.19 bits per heavy atom. The number of hydrogen-bond acceptors (Lipinski definition) is 3. The second-order valence-electron chi connectivity index (χ2n) is 17.5. The van der Waals surface area contributed by atoms with E-state index in [4.69, 9.17) is 14.4 Å². The molecule has 0 fully saturated rings. The molecule has 318 valence electrons. The predicted octanol–water partition coefficient (Wildman–Crippen LogP) is 17.4. The summed E-state index contributed by atoms with van der Waals surface area (Å²) in [6, 6.07) is 73.9. The third-order valence-electron chi connectivity index (χ3n) is 13.6. The lowest BCUT2D eigenvalue weighted by molar-refractivity contribution is 0.670. The SMILES string of the molecule is CCC(=NC(=NC(C)c1cccc2sc3ccccc3c12)c1ccc2c(oc3c4ccccc4ccc23)c1-n1c2ccccc2c2cc3ccccc3cc21)c1cccc(-c2ccccc2)c1. The first-order valence-electron chi connectivity index (χ1n) is 23.1. The van der Waals surface area contributed by atoms with Crippen molar-refractivity contribution < 1.29 is 4.42 Å². The van der Waals surface area contributed by atoms with E-state index in [-0.39, 0.29) is 6.04 Å². The second-order valence-corrected chi connectivity index (χ2v) is 18.6. The molecular weight excluding hydrogens is 835 g/mol. The average Bonchev–Trinajstić information content (AvgIpc) is 4.06. The number of aromatic nitrogens is 1. The lowest BCUT2D eigenvalue weighted by Crippen LogP contribution is -2.11. The third-order valence-corrected chi connectivity index (χ3v) is 14.7. The summed E-state index contributed by atoms with van der Waals surface area (Å²) >= 11 is 1.84. The highest BCUT2D eigenvalue weighted by molar-refractivity contribution is 7.25. The molecule has 0 aliphatic carbocycles. The van der Waals surface area contributed by atoms with E-state index in [1.54, 1.807) is 0 Å². The van der Waals surface area contributed by atoms with E-state index in [2.05, 4.69) is 225 Å². The predicted molar refractivity (Wildman–Crippen MR) is 286 cm³/mol. The van der Waals surface area contributed by atoms with Gasteiger partial charge in [-0.05, 0) is 106 Å². The minimum atomic E-state index is -0.250. The van der Waals surface area contributed by atoms with Gasteiger partial charge in [0.2, 0.25) is 0 Å². The van der Waals surface area contributed by atoms with Crippen LogP contribution in [-0.4, -0.2) is 16.1 Å². The van der Waals surface area contributed by atoms with Crippen LogP contribution in [0.1, 0.15) is 43.0 Å². The topological polar surface area (TPSA) is 42.8 Å². The first kappa shape index (κ1) is 39.3. The molecule has 1 unspecified atom stereocenters. The van der Waals surface area contributed by atoms with Crippen molar-refractivity contribution in [3.63, 3.8) is 0 Å². The van der Waals surface area contributed by atoms with Crippen LogP contribution in [0.5, 0.6) is 0 Å². The number of benzene rings is 10. The highest BCUT2D eigenvalue weighted by Crippen LogP contribution is 2.44. The smallest absolute Gasteiger partial charge is 0.160 e. The fourth-order valence-corrected chi connectivity index (χ4v) is 11.5. The fourth-order valence-electron chi connectivity index (χ4n) is 10.4. The van der Waals surface area contributed by atoms with Gasteiger partial charge < -0.3 is 8.98 Å². The van der Waals surface area contributed by atoms with E-state index in [1.165, 1.54) is 52.8 Å². The summed E-state index contributed by atoms with van der Waals surface area (Å²) in [5.74, 6) is 0.653. The van der Waals surface area contributed by atoms with Gasteiger partial charge in [0.1, 0.15) is 11.3 Å². The van der Waals surface area contributed by atoms with Crippen LogP contribution < -0.4 is 0 Å². The van der Waals surface area contributed by atoms with Crippen LogP contribution in [0.4, 0.5) is 0 Å². The molecule has 0 saturated carbocycles. The molecule has 13 aromatic rings. The molecule has 0 aliphatic rings. The van der Waals surface area contributed by atoms with Crippen molar-refractivity contribution in [2.75, 3.05) is 0 Å². The molecule has 0 N–H and O–H groups in total. The summed E-state index contributed by atoms with van der Waals surface area (Å²) in [5.41, 5.74) is 11.2. The van der Waals surface area contributed by atoms with Crippen molar-refractivity contribution >= 4 is 108 Å². The monoisotopic (exact) mass is 877 g/mol. The van der Waals surface area contributed by atoms with Crippen LogP contribution in [0.2, 0.25) is 0 Å². The Morgan fingerprint density at radius 3 is 2.04 bits per heavy atom.